The minimum absolute atomic E-state index is 0.244. The van der Waals surface area contributed by atoms with Gasteiger partial charge in [-0.2, -0.15) is 0 Å². The van der Waals surface area contributed by atoms with Crippen molar-refractivity contribution in [3.63, 3.8) is 0 Å². The summed E-state index contributed by atoms with van der Waals surface area (Å²) in [7, 11) is 2.22. The number of nitrogens with zero attached hydrogens (tertiary/aromatic N) is 2. The van der Waals surface area contributed by atoms with E-state index >= 15 is 0 Å². The summed E-state index contributed by atoms with van der Waals surface area (Å²) in [6, 6.07) is 1.27. The van der Waals surface area contributed by atoms with Crippen molar-refractivity contribution >= 4 is 5.91 Å². The van der Waals surface area contributed by atoms with Crippen molar-refractivity contribution in [1.82, 2.24) is 15.1 Å². The van der Waals surface area contributed by atoms with Crippen LogP contribution in [0.4, 0.5) is 0 Å². The van der Waals surface area contributed by atoms with E-state index in [0.29, 0.717) is 18.0 Å². The smallest absolute Gasteiger partial charge is 0.227 e. The Labute approximate surface area is 130 Å². The lowest BCUT2D eigenvalue weighted by Gasteiger charge is -2.37. The second kappa shape index (κ2) is 7.10. The minimum Gasteiger partial charge on any atom is -0.342 e. The summed E-state index contributed by atoms with van der Waals surface area (Å²) in [5.74, 6) is 0.303. The highest BCUT2D eigenvalue weighted by Gasteiger charge is 2.30. The Bertz CT molecular complexity index is 342. The third-order valence-electron chi connectivity index (χ3n) is 4.85. The summed E-state index contributed by atoms with van der Waals surface area (Å²) >= 11 is 0. The predicted octanol–water partition coefficient (Wildman–Crippen LogP) is 2.10. The van der Waals surface area contributed by atoms with Crippen molar-refractivity contribution in [2.24, 2.45) is 5.41 Å². The summed E-state index contributed by atoms with van der Waals surface area (Å²) in [6.07, 6.45) is 6.07. The molecule has 4 heteroatoms. The molecule has 0 aromatic carbocycles. The molecule has 0 spiro atoms. The Morgan fingerprint density at radius 1 is 0.952 bits per heavy atom. The Balaban J connectivity index is 1.75. The van der Waals surface area contributed by atoms with Crippen molar-refractivity contribution in [2.45, 2.75) is 65.0 Å². The number of hydrogen-bond acceptors (Lipinski definition) is 3. The molecular weight excluding hydrogens is 262 g/mol. The molecule has 0 aromatic rings. The molecule has 21 heavy (non-hydrogen) atoms. The average molecular weight is 295 g/mol. The van der Waals surface area contributed by atoms with Crippen LogP contribution in [0.5, 0.6) is 0 Å². The van der Waals surface area contributed by atoms with Crippen LogP contribution < -0.4 is 5.32 Å². The zero-order valence-electron chi connectivity index (χ0n) is 14.3. The number of rotatable bonds is 2. The first-order valence-corrected chi connectivity index (χ1v) is 8.60. The fraction of sp³-hybridized carbons (Fsp3) is 0.941. The summed E-state index contributed by atoms with van der Waals surface area (Å²) < 4.78 is 0. The van der Waals surface area contributed by atoms with Gasteiger partial charge >= 0.3 is 0 Å². The molecule has 0 saturated carbocycles. The standard InChI is InChI=1S/C17H33N3O/c1-17(2,3)16(21)20-12-8-15(9-13-20)18-14-6-5-10-19(4)11-7-14/h14-15,18H,5-13H2,1-4H3. The molecule has 2 aliphatic heterocycles. The number of amides is 1. The van der Waals surface area contributed by atoms with Crippen LogP contribution in [0.1, 0.15) is 52.9 Å². The van der Waals surface area contributed by atoms with Crippen LogP contribution in [0.15, 0.2) is 0 Å². The Kier molecular flexibility index (Phi) is 5.67. The quantitative estimate of drug-likeness (QED) is 0.847. The maximum Gasteiger partial charge on any atom is 0.227 e. The van der Waals surface area contributed by atoms with Crippen molar-refractivity contribution < 1.29 is 4.79 Å². The lowest BCUT2D eigenvalue weighted by atomic mass is 9.92. The van der Waals surface area contributed by atoms with E-state index in [1.165, 1.54) is 32.4 Å². The van der Waals surface area contributed by atoms with E-state index in [-0.39, 0.29) is 5.41 Å². The number of carbonyl (C=O) groups is 1. The fourth-order valence-electron chi connectivity index (χ4n) is 3.46. The molecule has 1 unspecified atom stereocenters. The third kappa shape index (κ3) is 4.96. The Morgan fingerprint density at radius 3 is 2.14 bits per heavy atom. The molecule has 1 amide bonds. The van der Waals surface area contributed by atoms with Crippen molar-refractivity contribution in [1.29, 1.82) is 0 Å². The second-order valence-corrected chi connectivity index (χ2v) is 7.91. The maximum absolute atomic E-state index is 12.3. The zero-order valence-corrected chi connectivity index (χ0v) is 14.3. The Hall–Kier alpha value is -0.610. The SMILES string of the molecule is CN1CCCC(NC2CCN(C(=O)C(C)(C)C)CC2)CC1. The molecule has 0 aromatic heterocycles. The van der Waals surface area contributed by atoms with E-state index in [1.54, 1.807) is 0 Å². The largest absolute Gasteiger partial charge is 0.342 e. The highest BCUT2D eigenvalue weighted by Crippen LogP contribution is 2.21. The van der Waals surface area contributed by atoms with Crippen LogP contribution in [0.25, 0.3) is 0 Å². The molecule has 1 atom stereocenters. The lowest BCUT2D eigenvalue weighted by molar-refractivity contribution is -0.140. The van der Waals surface area contributed by atoms with Crippen LogP contribution in [-0.4, -0.2) is 61.0 Å². The van der Waals surface area contributed by atoms with Gasteiger partial charge < -0.3 is 15.1 Å². The van der Waals surface area contributed by atoms with E-state index in [9.17, 15) is 4.79 Å². The molecular formula is C17H33N3O. The van der Waals surface area contributed by atoms with Gasteiger partial charge in [-0.1, -0.05) is 20.8 Å². The van der Waals surface area contributed by atoms with E-state index in [2.05, 4.69) is 22.2 Å². The molecule has 0 aliphatic carbocycles. The second-order valence-electron chi connectivity index (χ2n) is 7.91. The van der Waals surface area contributed by atoms with Crippen molar-refractivity contribution in [3.8, 4) is 0 Å². The van der Waals surface area contributed by atoms with Gasteiger partial charge in [-0.25, -0.2) is 0 Å². The van der Waals surface area contributed by atoms with Gasteiger partial charge in [-0.3, -0.25) is 4.79 Å². The van der Waals surface area contributed by atoms with Crippen LogP contribution in [0, 0.1) is 5.41 Å². The van der Waals surface area contributed by atoms with Crippen molar-refractivity contribution in [3.05, 3.63) is 0 Å². The first-order valence-electron chi connectivity index (χ1n) is 8.60. The van der Waals surface area contributed by atoms with E-state index in [1.807, 2.05) is 20.8 Å². The highest BCUT2D eigenvalue weighted by atomic mass is 16.2. The van der Waals surface area contributed by atoms with E-state index in [0.717, 1.165) is 25.9 Å². The van der Waals surface area contributed by atoms with E-state index < -0.39 is 0 Å². The van der Waals surface area contributed by atoms with Gasteiger partial charge in [0.1, 0.15) is 0 Å². The number of carbonyl (C=O) groups excluding carboxylic acids is 1. The summed E-state index contributed by atoms with van der Waals surface area (Å²) in [4.78, 5) is 16.8. The maximum atomic E-state index is 12.3. The normalized spacial score (nSPS) is 26.7. The molecule has 2 aliphatic rings. The van der Waals surface area contributed by atoms with Crippen LogP contribution in [-0.2, 0) is 4.79 Å². The number of nitrogens with one attached hydrogen (secondary N) is 1. The molecule has 4 nitrogen and oxygen atoms in total. The van der Waals surface area contributed by atoms with Gasteiger partial charge in [-0.15, -0.1) is 0 Å². The van der Waals surface area contributed by atoms with Gasteiger partial charge in [0.2, 0.25) is 5.91 Å². The predicted molar refractivity (Wildman–Crippen MR) is 87.3 cm³/mol. The van der Waals surface area contributed by atoms with Crippen LogP contribution >= 0.6 is 0 Å². The number of hydrogen-bond donors (Lipinski definition) is 1. The van der Waals surface area contributed by atoms with Gasteiger partial charge in [-0.05, 0) is 52.2 Å². The highest BCUT2D eigenvalue weighted by molar-refractivity contribution is 5.81. The Morgan fingerprint density at radius 2 is 1.52 bits per heavy atom. The molecule has 1 N–H and O–H groups in total. The van der Waals surface area contributed by atoms with Crippen LogP contribution in [0.2, 0.25) is 0 Å². The molecule has 0 bridgehead atoms. The molecule has 2 saturated heterocycles. The number of likely N-dealkylation sites (tertiary alicyclic amines) is 2. The third-order valence-corrected chi connectivity index (χ3v) is 4.85. The van der Waals surface area contributed by atoms with Crippen molar-refractivity contribution in [2.75, 3.05) is 33.2 Å². The molecule has 2 heterocycles. The minimum atomic E-state index is -0.244. The summed E-state index contributed by atoms with van der Waals surface area (Å²) in [5, 5.41) is 3.85. The first-order chi connectivity index (χ1) is 9.86. The van der Waals surface area contributed by atoms with Gasteiger partial charge in [0.25, 0.3) is 0 Å². The number of piperidine rings is 1. The van der Waals surface area contributed by atoms with Crippen LogP contribution in [0.3, 0.4) is 0 Å². The monoisotopic (exact) mass is 295 g/mol. The average Bonchev–Trinajstić information content (AvgIpc) is 2.63. The summed E-state index contributed by atoms with van der Waals surface area (Å²) in [5.41, 5.74) is -0.244. The lowest BCUT2D eigenvalue weighted by Crippen LogP contribution is -2.50. The van der Waals surface area contributed by atoms with Gasteiger partial charge in [0.15, 0.2) is 0 Å². The molecule has 2 fully saturated rings. The fourth-order valence-corrected chi connectivity index (χ4v) is 3.46. The topological polar surface area (TPSA) is 35.6 Å². The van der Waals surface area contributed by atoms with Gasteiger partial charge in [0.05, 0.1) is 0 Å². The summed E-state index contributed by atoms with van der Waals surface area (Å²) in [6.45, 7) is 10.3. The molecule has 0 radical (unpaired) electrons. The molecule has 122 valence electrons. The molecule has 2 rings (SSSR count). The zero-order chi connectivity index (χ0) is 15.5. The van der Waals surface area contributed by atoms with E-state index in [4.69, 9.17) is 0 Å². The first kappa shape index (κ1) is 16.8. The van der Waals surface area contributed by atoms with Gasteiger partial charge in [0, 0.05) is 30.6 Å².